The van der Waals surface area contributed by atoms with Crippen LogP contribution >= 0.6 is 11.6 Å². The van der Waals surface area contributed by atoms with Crippen LogP contribution < -0.4 is 10.6 Å². The average Bonchev–Trinajstić information content (AvgIpc) is 2.49. The molecule has 120 valence electrons. The van der Waals surface area contributed by atoms with E-state index in [9.17, 15) is 14.7 Å². The van der Waals surface area contributed by atoms with Gasteiger partial charge in [0.2, 0.25) is 0 Å². The molecule has 1 saturated carbocycles. The van der Waals surface area contributed by atoms with Gasteiger partial charge in [0.1, 0.15) is 6.04 Å². The number of carbonyl (C=O) groups is 2. The molecule has 1 fully saturated rings. The largest absolute Gasteiger partial charge is 0.480 e. The number of amides is 2. The summed E-state index contributed by atoms with van der Waals surface area (Å²) < 4.78 is 0. The van der Waals surface area contributed by atoms with E-state index in [1.54, 1.807) is 24.3 Å². The van der Waals surface area contributed by atoms with Gasteiger partial charge in [-0.25, -0.2) is 9.59 Å². The van der Waals surface area contributed by atoms with Gasteiger partial charge in [0.15, 0.2) is 0 Å². The monoisotopic (exact) mass is 324 g/mol. The van der Waals surface area contributed by atoms with Crippen LogP contribution in [0.4, 0.5) is 4.79 Å². The number of carboxylic acid groups (broad SMARTS) is 1. The molecule has 2 amide bonds. The molecule has 0 aliphatic heterocycles. The Balaban J connectivity index is 1.88. The molecular weight excluding hydrogens is 304 g/mol. The molecule has 0 radical (unpaired) electrons. The first-order valence-corrected chi connectivity index (χ1v) is 7.96. The highest BCUT2D eigenvalue weighted by Crippen LogP contribution is 2.17. The van der Waals surface area contributed by atoms with Crippen molar-refractivity contribution in [2.24, 2.45) is 0 Å². The fourth-order valence-electron chi connectivity index (χ4n) is 2.69. The Morgan fingerprint density at radius 1 is 1.18 bits per heavy atom. The van der Waals surface area contributed by atoms with Crippen LogP contribution in [-0.2, 0) is 11.2 Å². The van der Waals surface area contributed by atoms with E-state index in [1.165, 1.54) is 6.42 Å². The molecule has 0 aromatic heterocycles. The maximum Gasteiger partial charge on any atom is 0.326 e. The van der Waals surface area contributed by atoms with Crippen molar-refractivity contribution in [1.82, 2.24) is 10.6 Å². The van der Waals surface area contributed by atoms with Gasteiger partial charge in [-0.3, -0.25) is 0 Å². The first-order valence-electron chi connectivity index (χ1n) is 7.59. The SMILES string of the molecule is O=C(NC1CCCCC1)N[C@H](Cc1ccc(Cl)cc1)C(=O)O. The lowest BCUT2D eigenvalue weighted by Crippen LogP contribution is -2.50. The summed E-state index contributed by atoms with van der Waals surface area (Å²) in [6, 6.07) is 5.73. The molecule has 2 rings (SSSR count). The van der Waals surface area contributed by atoms with Gasteiger partial charge < -0.3 is 15.7 Å². The zero-order valence-corrected chi connectivity index (χ0v) is 13.1. The maximum atomic E-state index is 12.0. The van der Waals surface area contributed by atoms with Crippen molar-refractivity contribution < 1.29 is 14.7 Å². The Hall–Kier alpha value is -1.75. The Morgan fingerprint density at radius 2 is 1.82 bits per heavy atom. The summed E-state index contributed by atoms with van der Waals surface area (Å²) in [6.07, 6.45) is 5.57. The quantitative estimate of drug-likeness (QED) is 0.779. The standard InChI is InChI=1S/C16H21ClN2O3/c17-12-8-6-11(7-9-12)10-14(15(20)21)19-16(22)18-13-4-2-1-3-5-13/h6-9,13-14H,1-5,10H2,(H,20,21)(H2,18,19,22)/t14-/m1/s1. The van der Waals surface area contributed by atoms with E-state index in [0.717, 1.165) is 31.2 Å². The lowest BCUT2D eigenvalue weighted by molar-refractivity contribution is -0.139. The third kappa shape index (κ3) is 5.22. The molecule has 1 aliphatic rings. The lowest BCUT2D eigenvalue weighted by Gasteiger charge is -2.24. The predicted octanol–water partition coefficient (Wildman–Crippen LogP) is 2.97. The van der Waals surface area contributed by atoms with Gasteiger partial charge in [-0.2, -0.15) is 0 Å². The van der Waals surface area contributed by atoms with Crippen LogP contribution in [0.15, 0.2) is 24.3 Å². The van der Waals surface area contributed by atoms with Crippen LogP contribution in [-0.4, -0.2) is 29.2 Å². The minimum Gasteiger partial charge on any atom is -0.480 e. The van der Waals surface area contributed by atoms with Gasteiger partial charge in [0, 0.05) is 17.5 Å². The van der Waals surface area contributed by atoms with E-state index >= 15 is 0 Å². The lowest BCUT2D eigenvalue weighted by atomic mass is 9.96. The molecule has 22 heavy (non-hydrogen) atoms. The van der Waals surface area contributed by atoms with Crippen molar-refractivity contribution in [3.63, 3.8) is 0 Å². The molecule has 1 atom stereocenters. The molecular formula is C16H21ClN2O3. The third-order valence-corrected chi connectivity index (χ3v) is 4.15. The van der Waals surface area contributed by atoms with Crippen molar-refractivity contribution >= 4 is 23.6 Å². The first kappa shape index (κ1) is 16.6. The number of aliphatic carboxylic acids is 1. The van der Waals surface area contributed by atoms with Crippen molar-refractivity contribution in [2.45, 2.75) is 50.6 Å². The smallest absolute Gasteiger partial charge is 0.326 e. The minimum absolute atomic E-state index is 0.152. The van der Waals surface area contributed by atoms with Crippen LogP contribution in [0.3, 0.4) is 0 Å². The third-order valence-electron chi connectivity index (χ3n) is 3.90. The Bertz CT molecular complexity index is 513. The van der Waals surface area contributed by atoms with Gasteiger partial charge in [0.05, 0.1) is 0 Å². The Labute approximate surface area is 135 Å². The van der Waals surface area contributed by atoms with Crippen molar-refractivity contribution in [1.29, 1.82) is 0 Å². The summed E-state index contributed by atoms with van der Waals surface area (Å²) in [5.41, 5.74) is 0.815. The van der Waals surface area contributed by atoms with Gasteiger partial charge in [-0.05, 0) is 30.5 Å². The first-order chi connectivity index (χ1) is 10.5. The highest BCUT2D eigenvalue weighted by Gasteiger charge is 2.22. The van der Waals surface area contributed by atoms with E-state index in [2.05, 4.69) is 10.6 Å². The van der Waals surface area contributed by atoms with Gasteiger partial charge in [0.25, 0.3) is 0 Å². The number of carbonyl (C=O) groups excluding carboxylic acids is 1. The number of nitrogens with one attached hydrogen (secondary N) is 2. The molecule has 3 N–H and O–H groups in total. The van der Waals surface area contributed by atoms with E-state index in [4.69, 9.17) is 11.6 Å². The molecule has 0 saturated heterocycles. The molecule has 0 spiro atoms. The second kappa shape index (κ2) is 8.03. The molecule has 6 heteroatoms. The minimum atomic E-state index is -1.05. The zero-order valence-electron chi connectivity index (χ0n) is 12.3. The average molecular weight is 325 g/mol. The molecule has 0 unspecified atom stereocenters. The second-order valence-corrected chi connectivity index (χ2v) is 6.11. The summed E-state index contributed by atoms with van der Waals surface area (Å²) in [5, 5.41) is 15.3. The second-order valence-electron chi connectivity index (χ2n) is 5.67. The van der Waals surface area contributed by atoms with E-state index in [0.29, 0.717) is 5.02 Å². The highest BCUT2D eigenvalue weighted by molar-refractivity contribution is 6.30. The Morgan fingerprint density at radius 3 is 2.41 bits per heavy atom. The number of halogens is 1. The molecule has 5 nitrogen and oxygen atoms in total. The fraction of sp³-hybridized carbons (Fsp3) is 0.500. The normalized spacial score (nSPS) is 16.8. The molecule has 0 heterocycles. The highest BCUT2D eigenvalue weighted by atomic mass is 35.5. The fourth-order valence-corrected chi connectivity index (χ4v) is 2.81. The van der Waals surface area contributed by atoms with Crippen LogP contribution in [0.2, 0.25) is 5.02 Å². The zero-order chi connectivity index (χ0) is 15.9. The molecule has 1 aromatic rings. The maximum absolute atomic E-state index is 12.0. The van der Waals surface area contributed by atoms with Crippen LogP contribution in [0.5, 0.6) is 0 Å². The topological polar surface area (TPSA) is 78.4 Å². The van der Waals surface area contributed by atoms with Crippen LogP contribution in [0, 0.1) is 0 Å². The molecule has 0 bridgehead atoms. The van der Waals surface area contributed by atoms with Crippen LogP contribution in [0.1, 0.15) is 37.7 Å². The summed E-state index contributed by atoms with van der Waals surface area (Å²) in [6.45, 7) is 0. The summed E-state index contributed by atoms with van der Waals surface area (Å²) in [7, 11) is 0. The van der Waals surface area contributed by atoms with E-state index in [1.807, 2.05) is 0 Å². The number of rotatable bonds is 5. The summed E-state index contributed by atoms with van der Waals surface area (Å²) in [5.74, 6) is -1.05. The summed E-state index contributed by atoms with van der Waals surface area (Å²) in [4.78, 5) is 23.3. The van der Waals surface area contributed by atoms with Crippen molar-refractivity contribution in [3.8, 4) is 0 Å². The number of urea groups is 1. The summed E-state index contributed by atoms with van der Waals surface area (Å²) >= 11 is 5.81. The Kier molecular flexibility index (Phi) is 6.07. The number of benzene rings is 1. The number of hydrogen-bond donors (Lipinski definition) is 3. The molecule has 1 aliphatic carbocycles. The van der Waals surface area contributed by atoms with E-state index < -0.39 is 18.0 Å². The van der Waals surface area contributed by atoms with Crippen molar-refractivity contribution in [3.05, 3.63) is 34.9 Å². The van der Waals surface area contributed by atoms with Gasteiger partial charge in [-0.1, -0.05) is 43.0 Å². The number of carboxylic acids is 1. The van der Waals surface area contributed by atoms with Crippen LogP contribution in [0.25, 0.3) is 0 Å². The predicted molar refractivity (Wildman–Crippen MR) is 85.1 cm³/mol. The van der Waals surface area contributed by atoms with Crippen molar-refractivity contribution in [2.75, 3.05) is 0 Å². The van der Waals surface area contributed by atoms with Gasteiger partial charge in [-0.15, -0.1) is 0 Å². The van der Waals surface area contributed by atoms with E-state index in [-0.39, 0.29) is 12.5 Å². The number of hydrogen-bond acceptors (Lipinski definition) is 2. The van der Waals surface area contributed by atoms with Gasteiger partial charge >= 0.3 is 12.0 Å². The molecule has 1 aromatic carbocycles.